The highest BCUT2D eigenvalue weighted by Crippen LogP contribution is 2.36. The second-order valence-electron chi connectivity index (χ2n) is 6.50. The Morgan fingerprint density at radius 1 is 1.03 bits per heavy atom. The molecule has 0 atom stereocenters. The molecule has 0 aliphatic carbocycles. The highest BCUT2D eigenvalue weighted by atomic mass is 35.5. The van der Waals surface area contributed by atoms with Gasteiger partial charge >= 0.3 is 5.97 Å². The summed E-state index contributed by atoms with van der Waals surface area (Å²) < 4.78 is 10.9. The average Bonchev–Trinajstić information content (AvgIpc) is 2.77. The SMILES string of the molecule is COc1ccc(/C(C#N)=C/c2cc(Cl)c(OCc3ccc(C(=O)O)cc3)c(Cl)c2)cc1. The number of carbonyl (C=O) groups is 1. The number of methoxy groups -OCH3 is 1. The molecule has 0 aliphatic rings. The van der Waals surface area contributed by atoms with E-state index in [1.54, 1.807) is 61.7 Å². The number of allylic oxidation sites excluding steroid dienone is 1. The molecule has 0 bridgehead atoms. The number of aromatic carboxylic acids is 1. The van der Waals surface area contributed by atoms with Crippen molar-refractivity contribution in [3.63, 3.8) is 0 Å². The Labute approximate surface area is 189 Å². The van der Waals surface area contributed by atoms with Crippen LogP contribution < -0.4 is 9.47 Å². The smallest absolute Gasteiger partial charge is 0.335 e. The number of halogens is 2. The van der Waals surface area contributed by atoms with E-state index >= 15 is 0 Å². The fourth-order valence-corrected chi connectivity index (χ4v) is 3.43. The first kappa shape index (κ1) is 22.2. The number of nitrogens with zero attached hydrogens (tertiary/aromatic N) is 1. The molecule has 3 aromatic carbocycles. The van der Waals surface area contributed by atoms with Crippen LogP contribution in [0.2, 0.25) is 10.0 Å². The topological polar surface area (TPSA) is 79.5 Å². The number of ether oxygens (including phenoxy) is 2. The first-order chi connectivity index (χ1) is 14.9. The molecule has 5 nitrogen and oxygen atoms in total. The predicted molar refractivity (Wildman–Crippen MR) is 121 cm³/mol. The van der Waals surface area contributed by atoms with E-state index < -0.39 is 5.97 Å². The van der Waals surface area contributed by atoms with Crippen molar-refractivity contribution in [2.45, 2.75) is 6.61 Å². The van der Waals surface area contributed by atoms with Crippen LogP contribution in [0.25, 0.3) is 11.6 Å². The molecule has 0 unspecified atom stereocenters. The van der Waals surface area contributed by atoms with Crippen molar-refractivity contribution < 1.29 is 19.4 Å². The summed E-state index contributed by atoms with van der Waals surface area (Å²) in [5.74, 6) is 0.0190. The van der Waals surface area contributed by atoms with Crippen LogP contribution in [-0.4, -0.2) is 18.2 Å². The highest BCUT2D eigenvalue weighted by molar-refractivity contribution is 6.37. The van der Waals surface area contributed by atoms with Gasteiger partial charge in [0.05, 0.1) is 34.4 Å². The molecule has 0 saturated heterocycles. The van der Waals surface area contributed by atoms with Gasteiger partial charge in [-0.2, -0.15) is 5.26 Å². The van der Waals surface area contributed by atoms with Crippen LogP contribution in [0.3, 0.4) is 0 Å². The molecule has 0 spiro atoms. The quantitative estimate of drug-likeness (QED) is 0.333. The molecule has 1 N–H and O–H groups in total. The summed E-state index contributed by atoms with van der Waals surface area (Å²) in [5, 5.41) is 19.1. The number of benzene rings is 3. The van der Waals surface area contributed by atoms with E-state index in [9.17, 15) is 10.1 Å². The molecule has 31 heavy (non-hydrogen) atoms. The zero-order valence-electron chi connectivity index (χ0n) is 16.4. The van der Waals surface area contributed by atoms with Crippen LogP contribution in [0.5, 0.6) is 11.5 Å². The first-order valence-electron chi connectivity index (χ1n) is 9.11. The molecule has 0 saturated carbocycles. The van der Waals surface area contributed by atoms with Crippen LogP contribution in [0.15, 0.2) is 60.7 Å². The van der Waals surface area contributed by atoms with Gasteiger partial charge in [0.1, 0.15) is 12.4 Å². The van der Waals surface area contributed by atoms with Crippen LogP contribution in [-0.2, 0) is 6.61 Å². The molecular weight excluding hydrogens is 437 g/mol. The molecule has 0 heterocycles. The first-order valence-corrected chi connectivity index (χ1v) is 9.87. The normalized spacial score (nSPS) is 11.0. The molecule has 7 heteroatoms. The fourth-order valence-electron chi connectivity index (χ4n) is 2.82. The number of hydrogen-bond donors (Lipinski definition) is 1. The zero-order chi connectivity index (χ0) is 22.4. The third kappa shape index (κ3) is 5.58. The summed E-state index contributed by atoms with van der Waals surface area (Å²) in [6, 6.07) is 19.0. The van der Waals surface area contributed by atoms with Gasteiger partial charge in [-0.3, -0.25) is 0 Å². The Kier molecular flexibility index (Phi) is 7.19. The second-order valence-corrected chi connectivity index (χ2v) is 7.32. The summed E-state index contributed by atoms with van der Waals surface area (Å²) >= 11 is 12.7. The minimum absolute atomic E-state index is 0.170. The largest absolute Gasteiger partial charge is 0.497 e. The number of hydrogen-bond acceptors (Lipinski definition) is 4. The van der Waals surface area contributed by atoms with Crippen molar-refractivity contribution in [2.75, 3.05) is 7.11 Å². The third-order valence-corrected chi connectivity index (χ3v) is 5.00. The van der Waals surface area contributed by atoms with Gasteiger partial charge in [-0.05, 0) is 71.3 Å². The molecule has 3 rings (SSSR count). The van der Waals surface area contributed by atoms with Crippen LogP contribution in [0.4, 0.5) is 0 Å². The molecule has 3 aromatic rings. The average molecular weight is 454 g/mol. The van der Waals surface area contributed by atoms with E-state index in [0.29, 0.717) is 32.7 Å². The fraction of sp³-hybridized carbons (Fsp3) is 0.0833. The van der Waals surface area contributed by atoms with E-state index in [0.717, 1.165) is 11.1 Å². The standard InChI is InChI=1S/C24H17Cl2NO4/c1-30-20-8-6-17(7-9-20)19(13-27)10-16-11-21(25)23(22(26)12-16)31-14-15-2-4-18(5-3-15)24(28)29/h2-12H,14H2,1H3,(H,28,29)/b19-10+. The lowest BCUT2D eigenvalue weighted by Crippen LogP contribution is -1.99. The lowest BCUT2D eigenvalue weighted by molar-refractivity contribution is 0.0697. The van der Waals surface area contributed by atoms with Crippen LogP contribution >= 0.6 is 23.2 Å². The van der Waals surface area contributed by atoms with Crippen molar-refractivity contribution in [3.8, 4) is 17.6 Å². The van der Waals surface area contributed by atoms with Crippen LogP contribution in [0, 0.1) is 11.3 Å². The predicted octanol–water partition coefficient (Wildman–Crippen LogP) is 6.34. The molecule has 0 aliphatic heterocycles. The minimum atomic E-state index is -0.992. The molecule has 156 valence electrons. The summed E-state index contributed by atoms with van der Waals surface area (Å²) in [5.41, 5.74) is 2.80. The van der Waals surface area contributed by atoms with Gasteiger partial charge < -0.3 is 14.6 Å². The maximum Gasteiger partial charge on any atom is 0.335 e. The zero-order valence-corrected chi connectivity index (χ0v) is 17.9. The van der Waals surface area contributed by atoms with E-state index in [1.807, 2.05) is 0 Å². The van der Waals surface area contributed by atoms with E-state index in [4.69, 9.17) is 37.8 Å². The number of carboxylic acids is 1. The number of carboxylic acid groups (broad SMARTS) is 1. The summed E-state index contributed by atoms with van der Waals surface area (Å²) in [4.78, 5) is 10.9. The Morgan fingerprint density at radius 2 is 1.61 bits per heavy atom. The maximum atomic E-state index is 10.9. The maximum absolute atomic E-state index is 10.9. The van der Waals surface area contributed by atoms with E-state index in [1.165, 1.54) is 12.1 Å². The molecule has 0 amide bonds. The van der Waals surface area contributed by atoms with Gasteiger partial charge in [0.25, 0.3) is 0 Å². The molecular formula is C24H17Cl2NO4. The van der Waals surface area contributed by atoms with Crippen molar-refractivity contribution in [2.24, 2.45) is 0 Å². The summed E-state index contributed by atoms with van der Waals surface area (Å²) in [6.45, 7) is 0.170. The van der Waals surface area contributed by atoms with Gasteiger partial charge in [-0.1, -0.05) is 35.3 Å². The van der Waals surface area contributed by atoms with E-state index in [2.05, 4.69) is 6.07 Å². The molecule has 0 fully saturated rings. The third-order valence-electron chi connectivity index (χ3n) is 4.44. The minimum Gasteiger partial charge on any atom is -0.497 e. The number of rotatable bonds is 7. The van der Waals surface area contributed by atoms with Gasteiger partial charge in [0.15, 0.2) is 5.75 Å². The van der Waals surface area contributed by atoms with Crippen LogP contribution in [0.1, 0.15) is 27.0 Å². The van der Waals surface area contributed by atoms with Crippen molar-refractivity contribution in [1.82, 2.24) is 0 Å². The van der Waals surface area contributed by atoms with Gasteiger partial charge in [0.2, 0.25) is 0 Å². The Hall–Kier alpha value is -3.46. The number of nitriles is 1. The second kappa shape index (κ2) is 10.0. The lowest BCUT2D eigenvalue weighted by Gasteiger charge is -2.11. The van der Waals surface area contributed by atoms with Gasteiger partial charge in [0, 0.05) is 0 Å². The summed E-state index contributed by atoms with van der Waals surface area (Å²) in [7, 11) is 1.58. The Balaban J connectivity index is 1.79. The Bertz CT molecular complexity index is 1140. The monoisotopic (exact) mass is 453 g/mol. The van der Waals surface area contributed by atoms with E-state index in [-0.39, 0.29) is 12.2 Å². The van der Waals surface area contributed by atoms with Crippen molar-refractivity contribution >= 4 is 40.8 Å². The molecule has 0 aromatic heterocycles. The van der Waals surface area contributed by atoms with Crippen molar-refractivity contribution in [1.29, 1.82) is 5.26 Å². The lowest BCUT2D eigenvalue weighted by atomic mass is 10.0. The van der Waals surface area contributed by atoms with Crippen molar-refractivity contribution in [3.05, 3.63) is 93.0 Å². The molecule has 0 radical (unpaired) electrons. The highest BCUT2D eigenvalue weighted by Gasteiger charge is 2.11. The Morgan fingerprint density at radius 3 is 2.13 bits per heavy atom. The summed E-state index contributed by atoms with van der Waals surface area (Å²) in [6.07, 6.45) is 1.69. The van der Waals surface area contributed by atoms with Gasteiger partial charge in [-0.15, -0.1) is 0 Å². The van der Waals surface area contributed by atoms with Gasteiger partial charge in [-0.25, -0.2) is 4.79 Å².